The number of benzene rings is 2. The van der Waals surface area contributed by atoms with Crippen LogP contribution in [0.1, 0.15) is 53.4 Å². The van der Waals surface area contributed by atoms with Gasteiger partial charge in [-0.3, -0.25) is 19.3 Å². The minimum absolute atomic E-state index is 0.0269. The Balaban J connectivity index is 1.69. The molecule has 2 aromatic carbocycles. The average molecular weight is 478 g/mol. The first kappa shape index (κ1) is 24.2. The molecular formula is C27H28FN3O4. The molecule has 1 atom stereocenters. The minimum Gasteiger partial charge on any atom is -0.459 e. The van der Waals surface area contributed by atoms with Crippen LogP contribution < -0.4 is 15.5 Å². The predicted octanol–water partition coefficient (Wildman–Crippen LogP) is 4.29. The van der Waals surface area contributed by atoms with Crippen molar-refractivity contribution in [2.45, 2.75) is 44.7 Å². The highest BCUT2D eigenvalue weighted by atomic mass is 19.1. The fourth-order valence-electron chi connectivity index (χ4n) is 4.31. The van der Waals surface area contributed by atoms with E-state index in [1.165, 1.54) is 23.3 Å². The number of carbonyl (C=O) groups is 3. The van der Waals surface area contributed by atoms with Crippen molar-refractivity contribution in [1.29, 1.82) is 0 Å². The van der Waals surface area contributed by atoms with Gasteiger partial charge in [0.25, 0.3) is 5.91 Å². The Hall–Kier alpha value is -3.94. The monoisotopic (exact) mass is 477 g/mol. The van der Waals surface area contributed by atoms with E-state index in [4.69, 9.17) is 4.42 Å². The van der Waals surface area contributed by atoms with Crippen molar-refractivity contribution in [1.82, 2.24) is 10.6 Å². The van der Waals surface area contributed by atoms with E-state index < -0.39 is 30.2 Å². The van der Waals surface area contributed by atoms with Crippen molar-refractivity contribution in [2.24, 2.45) is 0 Å². The van der Waals surface area contributed by atoms with E-state index in [9.17, 15) is 18.8 Å². The molecule has 0 spiro atoms. The lowest BCUT2D eigenvalue weighted by molar-refractivity contribution is -0.126. The van der Waals surface area contributed by atoms with E-state index in [2.05, 4.69) is 10.6 Å². The van der Waals surface area contributed by atoms with Gasteiger partial charge in [-0.2, -0.15) is 0 Å². The van der Waals surface area contributed by atoms with Crippen LogP contribution in [0, 0.1) is 12.7 Å². The summed E-state index contributed by atoms with van der Waals surface area (Å²) in [4.78, 5) is 40.8. The van der Waals surface area contributed by atoms with Crippen LogP contribution in [0.4, 0.5) is 10.1 Å². The molecule has 2 N–H and O–H groups in total. The Morgan fingerprint density at radius 3 is 2.46 bits per heavy atom. The zero-order valence-electron chi connectivity index (χ0n) is 19.5. The fraction of sp³-hybridized carbons (Fsp3) is 0.296. The largest absolute Gasteiger partial charge is 0.459 e. The Kier molecular flexibility index (Phi) is 7.60. The van der Waals surface area contributed by atoms with Gasteiger partial charge in [-0.1, -0.05) is 49.2 Å². The van der Waals surface area contributed by atoms with Gasteiger partial charge in [0, 0.05) is 11.7 Å². The zero-order valence-corrected chi connectivity index (χ0v) is 19.5. The van der Waals surface area contributed by atoms with E-state index in [1.54, 1.807) is 49.4 Å². The summed E-state index contributed by atoms with van der Waals surface area (Å²) in [6, 6.07) is 15.3. The van der Waals surface area contributed by atoms with Gasteiger partial charge in [-0.05, 0) is 55.2 Å². The molecule has 0 radical (unpaired) electrons. The number of anilines is 1. The topological polar surface area (TPSA) is 91.7 Å². The number of amides is 3. The summed E-state index contributed by atoms with van der Waals surface area (Å²) in [6.07, 6.45) is 5.17. The van der Waals surface area contributed by atoms with Gasteiger partial charge in [-0.15, -0.1) is 0 Å². The maximum atomic E-state index is 14.6. The molecule has 7 nitrogen and oxygen atoms in total. The van der Waals surface area contributed by atoms with Gasteiger partial charge >= 0.3 is 0 Å². The molecule has 1 fully saturated rings. The first-order chi connectivity index (χ1) is 16.9. The maximum Gasteiger partial charge on any atom is 0.287 e. The summed E-state index contributed by atoms with van der Waals surface area (Å²) in [7, 11) is 0. The number of carbonyl (C=O) groups excluding carboxylic acids is 3. The number of rotatable bonds is 8. The standard InChI is InChI=1S/C27H28FN3O4/c1-18-13-14-21(16-22(18)28)31(24(32)17-29-26(33)23-12-7-15-35-23)25(19-8-3-2-4-9-19)27(34)30-20-10-5-6-11-20/h2-4,7-9,12-16,20,25H,5-6,10-11,17H2,1H3,(H,29,33)(H,30,34)/t25-/m1/s1. The van der Waals surface area contributed by atoms with Gasteiger partial charge in [0.2, 0.25) is 11.8 Å². The Bertz CT molecular complexity index is 1170. The second-order valence-corrected chi connectivity index (χ2v) is 8.66. The van der Waals surface area contributed by atoms with Crippen LogP contribution in [-0.4, -0.2) is 30.3 Å². The number of aryl methyl sites for hydroxylation is 1. The van der Waals surface area contributed by atoms with Crippen molar-refractivity contribution in [2.75, 3.05) is 11.4 Å². The molecule has 0 saturated heterocycles. The second-order valence-electron chi connectivity index (χ2n) is 8.66. The molecule has 1 aliphatic rings. The molecule has 8 heteroatoms. The maximum absolute atomic E-state index is 14.6. The van der Waals surface area contributed by atoms with Crippen LogP contribution in [0.5, 0.6) is 0 Å². The van der Waals surface area contributed by atoms with Gasteiger partial charge in [0.1, 0.15) is 11.9 Å². The third kappa shape index (κ3) is 5.77. The third-order valence-electron chi connectivity index (χ3n) is 6.17. The molecular weight excluding hydrogens is 449 g/mol. The lowest BCUT2D eigenvalue weighted by Gasteiger charge is -2.32. The zero-order chi connectivity index (χ0) is 24.8. The molecule has 4 rings (SSSR count). The molecule has 3 aromatic rings. The number of furan rings is 1. The van der Waals surface area contributed by atoms with Gasteiger partial charge in [0.05, 0.1) is 12.8 Å². The number of halogens is 1. The predicted molar refractivity (Wildman–Crippen MR) is 129 cm³/mol. The van der Waals surface area contributed by atoms with Crippen molar-refractivity contribution < 1.29 is 23.2 Å². The Labute approximate surface area is 203 Å². The fourth-order valence-corrected chi connectivity index (χ4v) is 4.31. The first-order valence-electron chi connectivity index (χ1n) is 11.7. The van der Waals surface area contributed by atoms with E-state index in [-0.39, 0.29) is 23.4 Å². The molecule has 1 saturated carbocycles. The Morgan fingerprint density at radius 1 is 1.06 bits per heavy atom. The highest BCUT2D eigenvalue weighted by molar-refractivity contribution is 6.04. The molecule has 1 aliphatic carbocycles. The van der Waals surface area contributed by atoms with Crippen LogP contribution in [0.2, 0.25) is 0 Å². The number of hydrogen-bond donors (Lipinski definition) is 2. The van der Waals surface area contributed by atoms with E-state index in [0.717, 1.165) is 25.7 Å². The summed E-state index contributed by atoms with van der Waals surface area (Å²) in [5.41, 5.74) is 1.22. The Morgan fingerprint density at radius 2 is 1.80 bits per heavy atom. The highest BCUT2D eigenvalue weighted by Crippen LogP contribution is 2.30. The average Bonchev–Trinajstić information content (AvgIpc) is 3.58. The van der Waals surface area contributed by atoms with Crippen LogP contribution in [0.25, 0.3) is 0 Å². The van der Waals surface area contributed by atoms with Crippen LogP contribution in [0.3, 0.4) is 0 Å². The summed E-state index contributed by atoms with van der Waals surface area (Å²) >= 11 is 0. The van der Waals surface area contributed by atoms with Crippen LogP contribution >= 0.6 is 0 Å². The summed E-state index contributed by atoms with van der Waals surface area (Å²) in [5, 5.41) is 5.60. The summed E-state index contributed by atoms with van der Waals surface area (Å²) in [6.45, 7) is 1.21. The van der Waals surface area contributed by atoms with E-state index in [1.807, 2.05) is 6.07 Å². The van der Waals surface area contributed by atoms with Gasteiger partial charge in [-0.25, -0.2) is 4.39 Å². The molecule has 1 heterocycles. The summed E-state index contributed by atoms with van der Waals surface area (Å²) < 4.78 is 19.7. The van der Waals surface area contributed by atoms with Crippen molar-refractivity contribution in [3.05, 3.63) is 89.6 Å². The van der Waals surface area contributed by atoms with E-state index in [0.29, 0.717) is 11.1 Å². The lowest BCUT2D eigenvalue weighted by atomic mass is 10.0. The molecule has 3 amide bonds. The second kappa shape index (κ2) is 11.0. The molecule has 0 unspecified atom stereocenters. The quantitative estimate of drug-likeness (QED) is 0.506. The van der Waals surface area contributed by atoms with Gasteiger partial charge < -0.3 is 15.1 Å². The normalized spacial score (nSPS) is 14.3. The molecule has 0 aliphatic heterocycles. The minimum atomic E-state index is -1.05. The van der Waals surface area contributed by atoms with Crippen LogP contribution in [-0.2, 0) is 9.59 Å². The SMILES string of the molecule is Cc1ccc(N(C(=O)CNC(=O)c2ccco2)[C@@H](C(=O)NC2CCCC2)c2ccccc2)cc1F. The first-order valence-corrected chi connectivity index (χ1v) is 11.7. The van der Waals surface area contributed by atoms with Crippen molar-refractivity contribution in [3.8, 4) is 0 Å². The third-order valence-corrected chi connectivity index (χ3v) is 6.17. The van der Waals surface area contributed by atoms with Crippen molar-refractivity contribution >= 4 is 23.4 Å². The highest BCUT2D eigenvalue weighted by Gasteiger charge is 2.34. The lowest BCUT2D eigenvalue weighted by Crippen LogP contribution is -2.49. The number of nitrogens with one attached hydrogen (secondary N) is 2. The molecule has 0 bridgehead atoms. The molecule has 35 heavy (non-hydrogen) atoms. The van der Waals surface area contributed by atoms with Gasteiger partial charge in [0.15, 0.2) is 5.76 Å². The smallest absolute Gasteiger partial charge is 0.287 e. The van der Waals surface area contributed by atoms with Crippen molar-refractivity contribution in [3.63, 3.8) is 0 Å². The number of hydrogen-bond acceptors (Lipinski definition) is 4. The summed E-state index contributed by atoms with van der Waals surface area (Å²) in [5.74, 6) is -1.92. The van der Waals surface area contributed by atoms with E-state index >= 15 is 0 Å². The molecule has 182 valence electrons. The van der Waals surface area contributed by atoms with Crippen LogP contribution in [0.15, 0.2) is 71.3 Å². The molecule has 1 aromatic heterocycles. The number of nitrogens with zero attached hydrogens (tertiary/aromatic N) is 1.